The van der Waals surface area contributed by atoms with E-state index >= 15 is 0 Å². The summed E-state index contributed by atoms with van der Waals surface area (Å²) in [5.74, 6) is 0.541. The molecule has 3 aromatic rings. The second-order valence-corrected chi connectivity index (χ2v) is 7.59. The number of aromatic nitrogens is 2. The highest BCUT2D eigenvalue weighted by atomic mass is 32.1. The topological polar surface area (TPSA) is 111 Å². The molecule has 0 saturated heterocycles. The summed E-state index contributed by atoms with van der Waals surface area (Å²) in [5, 5.41) is 22.8. The average Bonchev–Trinajstić information content (AvgIpc) is 2.79. The van der Waals surface area contributed by atoms with E-state index in [1.807, 2.05) is 42.5 Å². The van der Waals surface area contributed by atoms with Crippen molar-refractivity contribution in [1.29, 1.82) is 0 Å². The smallest absolute Gasteiger partial charge is 0.305 e. The fraction of sp³-hybridized carbons (Fsp3) is 0.304. The molecule has 168 valence electrons. The predicted molar refractivity (Wildman–Crippen MR) is 132 cm³/mol. The van der Waals surface area contributed by atoms with E-state index in [9.17, 15) is 4.79 Å². The Morgan fingerprint density at radius 2 is 1.62 bits per heavy atom. The molecular formula is C23H28N6O2S. The van der Waals surface area contributed by atoms with Crippen LogP contribution >= 0.6 is 12.2 Å². The van der Waals surface area contributed by atoms with Gasteiger partial charge in [-0.25, -0.2) is 4.98 Å². The number of hydrogen-bond donors (Lipinski definition) is 5. The maximum absolute atomic E-state index is 10.5. The van der Waals surface area contributed by atoms with Gasteiger partial charge in [0.15, 0.2) is 5.11 Å². The lowest BCUT2D eigenvalue weighted by Crippen LogP contribution is -2.37. The summed E-state index contributed by atoms with van der Waals surface area (Å²) < 4.78 is 0. The van der Waals surface area contributed by atoms with Crippen LogP contribution in [0, 0.1) is 0 Å². The van der Waals surface area contributed by atoms with Crippen molar-refractivity contribution in [3.63, 3.8) is 0 Å². The molecule has 1 heterocycles. The van der Waals surface area contributed by atoms with Crippen molar-refractivity contribution in [2.45, 2.75) is 19.3 Å². The van der Waals surface area contributed by atoms with Gasteiger partial charge in [-0.15, -0.1) is 0 Å². The molecule has 0 fully saturated rings. The number of aliphatic carboxylic acids is 1. The summed E-state index contributed by atoms with van der Waals surface area (Å²) in [5.41, 5.74) is 2.15. The molecule has 0 amide bonds. The first kappa shape index (κ1) is 23.2. The molecule has 9 heteroatoms. The maximum atomic E-state index is 10.5. The number of rotatable bonds is 12. The molecular weight excluding hydrogens is 424 g/mol. The summed E-state index contributed by atoms with van der Waals surface area (Å²) in [4.78, 5) is 19.8. The molecule has 0 unspecified atom stereocenters. The lowest BCUT2D eigenvalue weighted by Gasteiger charge is -2.13. The molecule has 0 saturated carbocycles. The van der Waals surface area contributed by atoms with Gasteiger partial charge in [-0.2, -0.15) is 4.98 Å². The number of anilines is 2. The number of para-hydroxylation sites is 1. The number of fused-ring (bicyclic) bond motifs is 1. The molecule has 0 aliphatic carbocycles. The Balaban J connectivity index is 1.49. The van der Waals surface area contributed by atoms with Crippen molar-refractivity contribution < 1.29 is 9.90 Å². The van der Waals surface area contributed by atoms with Crippen molar-refractivity contribution >= 4 is 46.0 Å². The van der Waals surface area contributed by atoms with Crippen LogP contribution in [0.2, 0.25) is 0 Å². The molecule has 3 rings (SSSR count). The van der Waals surface area contributed by atoms with Crippen LogP contribution in [-0.4, -0.2) is 52.3 Å². The van der Waals surface area contributed by atoms with E-state index in [0.717, 1.165) is 36.1 Å². The van der Waals surface area contributed by atoms with Gasteiger partial charge in [0.1, 0.15) is 5.82 Å². The lowest BCUT2D eigenvalue weighted by atomic mass is 10.1. The monoisotopic (exact) mass is 452 g/mol. The minimum Gasteiger partial charge on any atom is -0.481 e. The molecule has 0 aliphatic heterocycles. The number of carboxylic acids is 1. The number of thiocarbonyl (C=S) groups is 1. The van der Waals surface area contributed by atoms with Crippen LogP contribution in [0.25, 0.3) is 10.9 Å². The van der Waals surface area contributed by atoms with E-state index in [-0.39, 0.29) is 6.42 Å². The standard InChI is InChI=1S/C23H28N6O2S/c30-20(31)12-16-27-23(32)26-14-6-13-24-21-18-9-4-5-10-19(18)28-22(29-21)25-15-11-17-7-2-1-3-8-17/h1-5,7-10H,6,11-16H2,(H,30,31)(H2,26,27,32)(H2,24,25,28,29). The molecule has 8 nitrogen and oxygen atoms in total. The van der Waals surface area contributed by atoms with Gasteiger partial charge in [-0.05, 0) is 42.8 Å². The highest BCUT2D eigenvalue weighted by Crippen LogP contribution is 2.21. The zero-order valence-corrected chi connectivity index (χ0v) is 18.6. The van der Waals surface area contributed by atoms with E-state index in [2.05, 4.69) is 43.4 Å². The second kappa shape index (κ2) is 12.4. The summed E-state index contributed by atoms with van der Waals surface area (Å²) in [6.45, 7) is 2.43. The molecule has 0 atom stereocenters. The van der Waals surface area contributed by atoms with Gasteiger partial charge in [0.25, 0.3) is 0 Å². The van der Waals surface area contributed by atoms with Gasteiger partial charge < -0.3 is 26.4 Å². The Kier molecular flexibility index (Phi) is 9.00. The molecule has 1 aromatic heterocycles. The first-order chi connectivity index (χ1) is 15.6. The van der Waals surface area contributed by atoms with Crippen molar-refractivity contribution in [3.8, 4) is 0 Å². The minimum absolute atomic E-state index is 0.0336. The number of carboxylic acid groups (broad SMARTS) is 1. The Morgan fingerprint density at radius 3 is 2.44 bits per heavy atom. The van der Waals surface area contributed by atoms with Gasteiger partial charge in [-0.1, -0.05) is 42.5 Å². The van der Waals surface area contributed by atoms with Crippen LogP contribution in [-0.2, 0) is 11.2 Å². The van der Waals surface area contributed by atoms with Crippen molar-refractivity contribution in [3.05, 3.63) is 60.2 Å². The molecule has 0 spiro atoms. The number of nitrogens with one attached hydrogen (secondary N) is 4. The van der Waals surface area contributed by atoms with Gasteiger partial charge in [-0.3, -0.25) is 4.79 Å². The van der Waals surface area contributed by atoms with Crippen LogP contribution in [0.1, 0.15) is 18.4 Å². The van der Waals surface area contributed by atoms with Gasteiger partial charge in [0.2, 0.25) is 5.95 Å². The van der Waals surface area contributed by atoms with Crippen LogP contribution in [0.3, 0.4) is 0 Å². The third kappa shape index (κ3) is 7.66. The van der Waals surface area contributed by atoms with Crippen LogP contribution in [0.5, 0.6) is 0 Å². The summed E-state index contributed by atoms with van der Waals surface area (Å²) in [7, 11) is 0. The largest absolute Gasteiger partial charge is 0.481 e. The van der Waals surface area contributed by atoms with Gasteiger partial charge >= 0.3 is 5.97 Å². The van der Waals surface area contributed by atoms with Crippen molar-refractivity contribution in [2.24, 2.45) is 0 Å². The minimum atomic E-state index is -0.851. The molecule has 0 aliphatic rings. The fourth-order valence-corrected chi connectivity index (χ4v) is 3.30. The lowest BCUT2D eigenvalue weighted by molar-refractivity contribution is -0.136. The van der Waals surface area contributed by atoms with E-state index in [1.165, 1.54) is 5.56 Å². The van der Waals surface area contributed by atoms with Crippen molar-refractivity contribution in [2.75, 3.05) is 36.8 Å². The van der Waals surface area contributed by atoms with E-state index < -0.39 is 5.97 Å². The summed E-state index contributed by atoms with van der Waals surface area (Å²) >= 11 is 5.14. The first-order valence-corrected chi connectivity index (χ1v) is 11.0. The van der Waals surface area contributed by atoms with Gasteiger partial charge in [0.05, 0.1) is 11.9 Å². The van der Waals surface area contributed by atoms with Gasteiger partial charge in [0, 0.05) is 31.6 Å². The maximum Gasteiger partial charge on any atom is 0.305 e. The molecule has 0 bridgehead atoms. The van der Waals surface area contributed by atoms with Crippen LogP contribution < -0.4 is 21.3 Å². The fourth-order valence-electron chi connectivity index (χ4n) is 3.10. The SMILES string of the molecule is O=C(O)CCNC(=S)NCCCNc1nc(NCCc2ccccc2)nc2ccccc12. The molecule has 0 radical (unpaired) electrons. The number of benzene rings is 2. The Morgan fingerprint density at radius 1 is 0.875 bits per heavy atom. The predicted octanol–water partition coefficient (Wildman–Crippen LogP) is 3.03. The number of hydrogen-bond acceptors (Lipinski definition) is 6. The molecule has 5 N–H and O–H groups in total. The van der Waals surface area contributed by atoms with E-state index in [1.54, 1.807) is 0 Å². The Hall–Kier alpha value is -3.46. The third-order valence-corrected chi connectivity index (χ3v) is 4.99. The molecule has 2 aromatic carbocycles. The second-order valence-electron chi connectivity index (χ2n) is 7.18. The number of carbonyl (C=O) groups is 1. The average molecular weight is 453 g/mol. The third-order valence-electron chi connectivity index (χ3n) is 4.70. The number of nitrogens with zero attached hydrogens (tertiary/aromatic N) is 2. The first-order valence-electron chi connectivity index (χ1n) is 10.6. The quantitative estimate of drug-likeness (QED) is 0.209. The zero-order valence-electron chi connectivity index (χ0n) is 17.8. The van der Waals surface area contributed by atoms with Crippen molar-refractivity contribution in [1.82, 2.24) is 20.6 Å². The zero-order chi connectivity index (χ0) is 22.6. The van der Waals surface area contributed by atoms with E-state index in [4.69, 9.17) is 17.3 Å². The van der Waals surface area contributed by atoms with E-state index in [0.29, 0.717) is 30.7 Å². The van der Waals surface area contributed by atoms with Crippen LogP contribution in [0.15, 0.2) is 54.6 Å². The van der Waals surface area contributed by atoms with Crippen LogP contribution in [0.4, 0.5) is 11.8 Å². The summed E-state index contributed by atoms with van der Waals surface area (Å²) in [6, 6.07) is 18.2. The summed E-state index contributed by atoms with van der Waals surface area (Å²) in [6.07, 6.45) is 1.74. The Labute approximate surface area is 192 Å². The Bertz CT molecular complexity index is 1030. The molecule has 32 heavy (non-hydrogen) atoms. The highest BCUT2D eigenvalue weighted by molar-refractivity contribution is 7.80. The normalized spacial score (nSPS) is 10.5. The highest BCUT2D eigenvalue weighted by Gasteiger charge is 2.07.